The second kappa shape index (κ2) is 9.63. The molecule has 1 atom stereocenters. The largest absolute Gasteiger partial charge is 0.510 e. The van der Waals surface area contributed by atoms with E-state index in [9.17, 15) is 19.8 Å². The highest BCUT2D eigenvalue weighted by Crippen LogP contribution is 2.35. The van der Waals surface area contributed by atoms with Crippen LogP contribution in [0.4, 0.5) is 5.69 Å². The van der Waals surface area contributed by atoms with Gasteiger partial charge in [0, 0.05) is 11.3 Å². The predicted molar refractivity (Wildman–Crippen MR) is 133 cm³/mol. The first kappa shape index (κ1) is 22.8. The van der Waals surface area contributed by atoms with Gasteiger partial charge in [-0.1, -0.05) is 18.2 Å². The van der Waals surface area contributed by atoms with Gasteiger partial charge in [-0.3, -0.25) is 10.2 Å². The van der Waals surface area contributed by atoms with Gasteiger partial charge in [-0.2, -0.15) is 11.8 Å². The maximum atomic E-state index is 12.7. The Hall–Kier alpha value is -3.37. The highest BCUT2D eigenvalue weighted by atomic mass is 32.2. The minimum Gasteiger partial charge on any atom is -0.510 e. The number of hydrogen-bond acceptors (Lipinski definition) is 7. The van der Waals surface area contributed by atoms with Gasteiger partial charge in [0.15, 0.2) is 0 Å². The normalized spacial score (nSPS) is 14.7. The van der Waals surface area contributed by atoms with Crippen molar-refractivity contribution in [3.63, 3.8) is 0 Å². The number of fused-ring (bicyclic) bond motifs is 1. The highest BCUT2D eigenvalue weighted by molar-refractivity contribution is 7.98. The number of aliphatic carboxylic acids is 1. The summed E-state index contributed by atoms with van der Waals surface area (Å²) in [4.78, 5) is 30.3. The zero-order valence-electron chi connectivity index (χ0n) is 17.7. The molecule has 1 amide bonds. The van der Waals surface area contributed by atoms with Crippen LogP contribution in [0.3, 0.4) is 0 Å². The van der Waals surface area contributed by atoms with E-state index in [2.05, 4.69) is 10.3 Å². The Labute approximate surface area is 198 Å². The maximum Gasteiger partial charge on any atom is 0.326 e. The molecule has 1 aromatic heterocycles. The van der Waals surface area contributed by atoms with E-state index in [0.29, 0.717) is 28.4 Å². The van der Waals surface area contributed by atoms with Gasteiger partial charge >= 0.3 is 5.97 Å². The van der Waals surface area contributed by atoms with E-state index in [1.54, 1.807) is 29.2 Å². The Kier molecular flexibility index (Phi) is 6.66. The number of benzene rings is 2. The molecular formula is C23H22N4O4S2. The Bertz CT molecular complexity index is 1240. The zero-order chi connectivity index (χ0) is 23.5. The minimum absolute atomic E-state index is 0.0388. The minimum atomic E-state index is -1.08. The van der Waals surface area contributed by atoms with Crippen LogP contribution >= 0.6 is 23.1 Å². The molecule has 0 aliphatic carbocycles. The van der Waals surface area contributed by atoms with Crippen molar-refractivity contribution in [2.75, 3.05) is 23.5 Å². The molecule has 0 bridgehead atoms. The fourth-order valence-corrected chi connectivity index (χ4v) is 5.06. The fraction of sp³-hybridized carbons (Fsp3) is 0.217. The molecule has 4 N–H and O–H groups in total. The van der Waals surface area contributed by atoms with Crippen LogP contribution in [-0.2, 0) is 4.79 Å². The maximum absolute atomic E-state index is 12.7. The number of carbonyl (C=O) groups is 2. The number of anilines is 1. The van der Waals surface area contributed by atoms with Gasteiger partial charge in [-0.15, -0.1) is 11.3 Å². The van der Waals surface area contributed by atoms with Crippen LogP contribution in [0, 0.1) is 5.41 Å². The molecule has 8 nitrogen and oxygen atoms in total. The summed E-state index contributed by atoms with van der Waals surface area (Å²) in [5.74, 6) is -0.838. The molecule has 2 heterocycles. The van der Waals surface area contributed by atoms with Crippen molar-refractivity contribution in [2.24, 2.45) is 0 Å². The topological polar surface area (TPSA) is 127 Å². The molecule has 33 heavy (non-hydrogen) atoms. The number of hydrogen-bond donors (Lipinski definition) is 4. The first-order valence-corrected chi connectivity index (χ1v) is 12.4. The lowest BCUT2D eigenvalue weighted by Crippen LogP contribution is -2.41. The second-order valence-electron chi connectivity index (χ2n) is 7.44. The standard InChI is InChI=1S/C23H22N4O4S2/c1-32-10-9-16(23(30)31)25-21(29)13-5-4-6-14(11-13)27-12-17(28)19(20(27)24)22-26-15-7-2-3-8-18(15)33-22/h2-8,11,16,24,28H,9-10,12H2,1H3,(H,25,29)(H,30,31)/t16-/m1/s1. The Balaban J connectivity index is 1.54. The van der Waals surface area contributed by atoms with Crippen molar-refractivity contribution in [3.8, 4) is 0 Å². The summed E-state index contributed by atoms with van der Waals surface area (Å²) in [5, 5.41) is 31.8. The first-order chi connectivity index (χ1) is 15.9. The number of carboxylic acid groups (broad SMARTS) is 1. The van der Waals surface area contributed by atoms with Gasteiger partial charge in [0.05, 0.1) is 22.3 Å². The Morgan fingerprint density at radius 3 is 2.79 bits per heavy atom. The quantitative estimate of drug-likeness (QED) is 0.382. The smallest absolute Gasteiger partial charge is 0.326 e. The van der Waals surface area contributed by atoms with E-state index in [0.717, 1.165) is 10.2 Å². The molecule has 2 aromatic carbocycles. The number of amides is 1. The van der Waals surface area contributed by atoms with E-state index in [4.69, 9.17) is 5.41 Å². The van der Waals surface area contributed by atoms with Crippen LogP contribution in [0.1, 0.15) is 21.8 Å². The van der Waals surface area contributed by atoms with Crippen molar-refractivity contribution in [1.29, 1.82) is 5.41 Å². The summed E-state index contributed by atoms with van der Waals surface area (Å²) in [6.07, 6.45) is 2.20. The van der Waals surface area contributed by atoms with E-state index in [1.165, 1.54) is 23.1 Å². The third kappa shape index (κ3) is 4.71. The number of thioether (sulfide) groups is 1. The lowest BCUT2D eigenvalue weighted by Gasteiger charge is -2.20. The average Bonchev–Trinajstić information content (AvgIpc) is 3.36. The van der Waals surface area contributed by atoms with Crippen molar-refractivity contribution in [3.05, 3.63) is 64.9 Å². The molecule has 0 spiro atoms. The molecule has 0 unspecified atom stereocenters. The van der Waals surface area contributed by atoms with Crippen LogP contribution in [0.5, 0.6) is 0 Å². The molecule has 4 rings (SSSR count). The molecule has 0 saturated heterocycles. The van der Waals surface area contributed by atoms with Gasteiger partial charge in [0.25, 0.3) is 5.91 Å². The van der Waals surface area contributed by atoms with Crippen LogP contribution in [0.15, 0.2) is 54.3 Å². The summed E-state index contributed by atoms with van der Waals surface area (Å²) in [6.45, 7) is 0.0840. The number of para-hydroxylation sites is 1. The van der Waals surface area contributed by atoms with Crippen LogP contribution in [-0.4, -0.2) is 57.5 Å². The SMILES string of the molecule is CSCC[C@@H](NC(=O)c1cccc(N2CC(O)=C(c3nc4ccccc4s3)C2=N)c1)C(=O)O. The van der Waals surface area contributed by atoms with Crippen molar-refractivity contribution >= 4 is 62.3 Å². The molecule has 10 heteroatoms. The average molecular weight is 483 g/mol. The number of aliphatic hydroxyl groups is 1. The monoisotopic (exact) mass is 482 g/mol. The van der Waals surface area contributed by atoms with Gasteiger partial charge in [0.2, 0.25) is 0 Å². The molecule has 170 valence electrons. The predicted octanol–water partition coefficient (Wildman–Crippen LogP) is 4.00. The molecule has 1 aliphatic rings. The Morgan fingerprint density at radius 1 is 1.27 bits per heavy atom. The molecule has 0 saturated carbocycles. The third-order valence-electron chi connectivity index (χ3n) is 5.25. The fourth-order valence-electron chi connectivity index (χ4n) is 3.55. The molecular weight excluding hydrogens is 460 g/mol. The second-order valence-corrected chi connectivity index (χ2v) is 9.46. The number of thiazole rings is 1. The molecule has 1 aliphatic heterocycles. The zero-order valence-corrected chi connectivity index (χ0v) is 19.4. The lowest BCUT2D eigenvalue weighted by molar-refractivity contribution is -0.139. The van der Waals surface area contributed by atoms with Crippen LogP contribution < -0.4 is 10.2 Å². The molecule has 0 fully saturated rings. The number of aromatic nitrogens is 1. The lowest BCUT2D eigenvalue weighted by atomic mass is 10.1. The number of carboxylic acids is 1. The van der Waals surface area contributed by atoms with Crippen molar-refractivity contribution in [2.45, 2.75) is 12.5 Å². The summed E-state index contributed by atoms with van der Waals surface area (Å²) in [5.41, 5.74) is 2.00. The van der Waals surface area contributed by atoms with E-state index in [1.807, 2.05) is 30.5 Å². The number of aliphatic hydroxyl groups excluding tert-OH is 1. The van der Waals surface area contributed by atoms with Crippen molar-refractivity contribution in [1.82, 2.24) is 10.3 Å². The molecule has 3 aromatic rings. The van der Waals surface area contributed by atoms with Gasteiger partial charge in [-0.25, -0.2) is 9.78 Å². The number of carbonyl (C=O) groups excluding carboxylic acids is 1. The van der Waals surface area contributed by atoms with Crippen LogP contribution in [0.2, 0.25) is 0 Å². The van der Waals surface area contributed by atoms with E-state index in [-0.39, 0.29) is 23.7 Å². The number of amidine groups is 1. The summed E-state index contributed by atoms with van der Waals surface area (Å²) < 4.78 is 0.965. The Morgan fingerprint density at radius 2 is 2.06 bits per heavy atom. The summed E-state index contributed by atoms with van der Waals surface area (Å²) in [7, 11) is 0. The highest BCUT2D eigenvalue weighted by Gasteiger charge is 2.32. The van der Waals surface area contributed by atoms with Crippen molar-refractivity contribution < 1.29 is 19.8 Å². The summed E-state index contributed by atoms with van der Waals surface area (Å²) >= 11 is 2.92. The number of nitrogens with zero attached hydrogens (tertiary/aromatic N) is 2. The van der Waals surface area contributed by atoms with Crippen LogP contribution in [0.25, 0.3) is 15.8 Å². The molecule has 0 radical (unpaired) electrons. The number of rotatable bonds is 8. The summed E-state index contributed by atoms with van der Waals surface area (Å²) in [6, 6.07) is 13.2. The third-order valence-corrected chi connectivity index (χ3v) is 6.94. The van der Waals surface area contributed by atoms with E-state index >= 15 is 0 Å². The number of nitrogens with one attached hydrogen (secondary N) is 2. The van der Waals surface area contributed by atoms with Gasteiger partial charge < -0.3 is 20.4 Å². The first-order valence-electron chi connectivity index (χ1n) is 10.2. The van der Waals surface area contributed by atoms with E-state index < -0.39 is 17.9 Å². The van der Waals surface area contributed by atoms with Gasteiger partial charge in [0.1, 0.15) is 22.6 Å². The van der Waals surface area contributed by atoms with Gasteiger partial charge in [-0.05, 0) is 48.8 Å².